The van der Waals surface area contributed by atoms with Crippen LogP contribution < -0.4 is 5.73 Å². The number of hydrogen-bond acceptors (Lipinski definition) is 5. The van der Waals surface area contributed by atoms with E-state index in [2.05, 4.69) is 9.38 Å². The average Bonchev–Trinajstić information content (AvgIpc) is 3.18. The lowest BCUT2D eigenvalue weighted by Gasteiger charge is -2.11. The third-order valence-electron chi connectivity index (χ3n) is 5.53. The highest BCUT2D eigenvalue weighted by Gasteiger charge is 2.26. The number of amides is 1. The second-order valence-corrected chi connectivity index (χ2v) is 8.48. The number of fused-ring (bicyclic) bond motifs is 2. The molecule has 0 bridgehead atoms. The van der Waals surface area contributed by atoms with Crippen LogP contribution >= 0.6 is 11.3 Å². The molecule has 5 aromatic rings. The van der Waals surface area contributed by atoms with Gasteiger partial charge in [-0.15, -0.1) is 11.3 Å². The van der Waals surface area contributed by atoms with E-state index in [9.17, 15) is 4.79 Å². The zero-order valence-corrected chi connectivity index (χ0v) is 17.3. The molecule has 1 fully saturated rings. The summed E-state index contributed by atoms with van der Waals surface area (Å²) in [5, 5.41) is 7.77. The molecule has 0 aliphatic heterocycles. The third-order valence-corrected chi connectivity index (χ3v) is 6.29. The summed E-state index contributed by atoms with van der Waals surface area (Å²) < 4.78 is 4.11. The number of benzene rings is 1. The van der Waals surface area contributed by atoms with Gasteiger partial charge in [0.15, 0.2) is 4.96 Å². The molecule has 7 nitrogen and oxygen atoms in total. The van der Waals surface area contributed by atoms with Crippen molar-refractivity contribution in [2.45, 2.75) is 18.9 Å². The summed E-state index contributed by atoms with van der Waals surface area (Å²) in [6, 6.07) is 10.4. The molecule has 0 atom stereocenters. The van der Waals surface area contributed by atoms with Crippen LogP contribution in [0.2, 0.25) is 0 Å². The van der Waals surface area contributed by atoms with Crippen LogP contribution in [0.15, 0.2) is 60.4 Å². The van der Waals surface area contributed by atoms with Crippen molar-refractivity contribution in [1.29, 1.82) is 0 Å². The van der Waals surface area contributed by atoms with Crippen molar-refractivity contribution < 1.29 is 4.79 Å². The maximum absolute atomic E-state index is 11.5. The number of primary amides is 1. The molecule has 1 amide bonds. The van der Waals surface area contributed by atoms with Gasteiger partial charge in [-0.2, -0.15) is 5.10 Å². The Labute approximate surface area is 181 Å². The van der Waals surface area contributed by atoms with Gasteiger partial charge in [0.2, 0.25) is 5.91 Å². The molecule has 8 heteroatoms. The second-order valence-electron chi connectivity index (χ2n) is 7.61. The van der Waals surface area contributed by atoms with Gasteiger partial charge in [-0.1, -0.05) is 6.07 Å². The lowest BCUT2D eigenvalue weighted by atomic mass is 9.97. The van der Waals surface area contributed by atoms with Gasteiger partial charge >= 0.3 is 0 Å². The Kier molecular flexibility index (Phi) is 4.00. The quantitative estimate of drug-likeness (QED) is 0.424. The molecule has 0 radical (unpaired) electrons. The van der Waals surface area contributed by atoms with Crippen molar-refractivity contribution in [3.8, 4) is 22.6 Å². The average molecular weight is 427 g/mol. The Bertz CT molecular complexity index is 1490. The molecule has 1 aliphatic carbocycles. The highest BCUT2D eigenvalue weighted by atomic mass is 32.1. The lowest BCUT2D eigenvalue weighted by Crippen LogP contribution is -2.05. The van der Waals surface area contributed by atoms with Gasteiger partial charge in [0.1, 0.15) is 11.4 Å². The van der Waals surface area contributed by atoms with Crippen LogP contribution in [0.3, 0.4) is 0 Å². The Morgan fingerprint density at radius 3 is 2.94 bits per heavy atom. The maximum atomic E-state index is 11.5. The van der Waals surface area contributed by atoms with Gasteiger partial charge in [0.25, 0.3) is 0 Å². The van der Waals surface area contributed by atoms with E-state index in [4.69, 9.17) is 15.8 Å². The van der Waals surface area contributed by atoms with E-state index in [1.165, 1.54) is 18.9 Å². The molecule has 6 rings (SSSR count). The van der Waals surface area contributed by atoms with Gasteiger partial charge in [-0.25, -0.2) is 4.98 Å². The first-order valence-electron chi connectivity index (χ1n) is 10.1. The van der Waals surface area contributed by atoms with Crippen molar-refractivity contribution in [2.24, 2.45) is 5.73 Å². The van der Waals surface area contributed by atoms with Gasteiger partial charge in [0, 0.05) is 41.0 Å². The number of thiazole rings is 1. The van der Waals surface area contributed by atoms with E-state index in [1.807, 2.05) is 52.8 Å². The summed E-state index contributed by atoms with van der Waals surface area (Å²) >= 11 is 1.58. The molecule has 4 heterocycles. The van der Waals surface area contributed by atoms with Gasteiger partial charge in [-0.05, 0) is 48.7 Å². The second kappa shape index (κ2) is 6.88. The minimum Gasteiger partial charge on any atom is -0.366 e. The van der Waals surface area contributed by atoms with Crippen molar-refractivity contribution in [1.82, 2.24) is 24.1 Å². The molecule has 4 aromatic heterocycles. The fourth-order valence-electron chi connectivity index (χ4n) is 3.96. The third kappa shape index (κ3) is 3.03. The monoisotopic (exact) mass is 426 g/mol. The summed E-state index contributed by atoms with van der Waals surface area (Å²) in [6.45, 7) is 0. The zero-order valence-electron chi connectivity index (χ0n) is 16.5. The standard InChI is InChI=1S/C23H18N6OS/c24-20(30)8-6-15-16-2-1-10-25-18(16)7-5-17(15)22-21(26-23-28(22)12-13-31-23)19-9-11-29(27-19)14-3-4-14/h1-2,5-14H,3-4H2,(H2,24,30)/b8-6+. The minimum atomic E-state index is -0.496. The summed E-state index contributed by atoms with van der Waals surface area (Å²) in [5.41, 5.74) is 10.7. The van der Waals surface area contributed by atoms with Crippen LogP contribution in [-0.2, 0) is 4.79 Å². The molecule has 152 valence electrons. The molecule has 1 saturated carbocycles. The van der Waals surface area contributed by atoms with Crippen molar-refractivity contribution in [2.75, 3.05) is 0 Å². The van der Waals surface area contributed by atoms with Crippen LogP contribution in [0.25, 0.3) is 44.6 Å². The van der Waals surface area contributed by atoms with Crippen LogP contribution in [0.5, 0.6) is 0 Å². The first kappa shape index (κ1) is 18.0. The van der Waals surface area contributed by atoms with Gasteiger partial charge in [-0.3, -0.25) is 18.9 Å². The number of carbonyl (C=O) groups excluding carboxylic acids is 1. The lowest BCUT2D eigenvalue weighted by molar-refractivity contribution is -0.113. The molecule has 2 N–H and O–H groups in total. The maximum Gasteiger partial charge on any atom is 0.241 e. The Morgan fingerprint density at radius 1 is 1.19 bits per heavy atom. The number of rotatable bonds is 5. The number of imidazole rings is 1. The fourth-order valence-corrected chi connectivity index (χ4v) is 4.67. The summed E-state index contributed by atoms with van der Waals surface area (Å²) in [4.78, 5) is 21.8. The van der Waals surface area contributed by atoms with E-state index in [0.717, 1.165) is 44.1 Å². The number of nitrogens with zero attached hydrogens (tertiary/aromatic N) is 5. The Balaban J connectivity index is 1.63. The normalized spacial score (nSPS) is 14.2. The van der Waals surface area contributed by atoms with Crippen molar-refractivity contribution >= 4 is 39.2 Å². The van der Waals surface area contributed by atoms with Crippen LogP contribution in [-0.4, -0.2) is 30.1 Å². The van der Waals surface area contributed by atoms with E-state index in [-0.39, 0.29) is 0 Å². The predicted octanol–water partition coefficient (Wildman–Crippen LogP) is 4.31. The number of carbonyl (C=O) groups is 1. The highest BCUT2D eigenvalue weighted by molar-refractivity contribution is 7.15. The van der Waals surface area contributed by atoms with E-state index in [1.54, 1.807) is 23.6 Å². The molecular formula is C23H18N6OS. The molecule has 1 aliphatic rings. The van der Waals surface area contributed by atoms with Crippen LogP contribution in [0.1, 0.15) is 24.4 Å². The van der Waals surface area contributed by atoms with Gasteiger partial charge in [0.05, 0.1) is 17.3 Å². The zero-order chi connectivity index (χ0) is 20.9. The minimum absolute atomic E-state index is 0.496. The Hall–Kier alpha value is -3.78. The Morgan fingerprint density at radius 2 is 2.10 bits per heavy atom. The SMILES string of the molecule is NC(=O)/C=C/c1c(-c2c(-c3ccn(C4CC4)n3)nc3sccn23)ccc2ncccc12. The van der Waals surface area contributed by atoms with E-state index >= 15 is 0 Å². The van der Waals surface area contributed by atoms with E-state index in [0.29, 0.717) is 6.04 Å². The topological polar surface area (TPSA) is 91.1 Å². The number of hydrogen-bond donors (Lipinski definition) is 1. The first-order valence-corrected chi connectivity index (χ1v) is 10.9. The molecule has 0 spiro atoms. The smallest absolute Gasteiger partial charge is 0.241 e. The van der Waals surface area contributed by atoms with Crippen LogP contribution in [0, 0.1) is 0 Å². The summed E-state index contributed by atoms with van der Waals surface area (Å²) in [6.07, 6.45) is 11.3. The first-order chi connectivity index (χ1) is 15.2. The largest absolute Gasteiger partial charge is 0.366 e. The van der Waals surface area contributed by atoms with Crippen molar-refractivity contribution in [3.63, 3.8) is 0 Å². The number of pyridine rings is 1. The summed E-state index contributed by atoms with van der Waals surface area (Å²) in [5.74, 6) is -0.496. The molecule has 31 heavy (non-hydrogen) atoms. The predicted molar refractivity (Wildman–Crippen MR) is 122 cm³/mol. The number of nitrogens with two attached hydrogens (primary N) is 1. The summed E-state index contributed by atoms with van der Waals surface area (Å²) in [7, 11) is 0. The van der Waals surface area contributed by atoms with E-state index < -0.39 is 5.91 Å². The molecular weight excluding hydrogens is 408 g/mol. The van der Waals surface area contributed by atoms with Crippen molar-refractivity contribution in [3.05, 3.63) is 65.9 Å². The molecule has 1 aromatic carbocycles. The van der Waals surface area contributed by atoms with Gasteiger partial charge < -0.3 is 5.73 Å². The molecule has 0 unspecified atom stereocenters. The van der Waals surface area contributed by atoms with Crippen LogP contribution in [0.4, 0.5) is 0 Å². The number of aromatic nitrogens is 5. The highest BCUT2D eigenvalue weighted by Crippen LogP contribution is 2.39. The fraction of sp³-hybridized carbons (Fsp3) is 0.130. The molecule has 0 saturated heterocycles.